The summed E-state index contributed by atoms with van der Waals surface area (Å²) in [7, 11) is 1.69. The van der Waals surface area contributed by atoms with E-state index in [1.807, 2.05) is 13.8 Å². The van der Waals surface area contributed by atoms with Gasteiger partial charge in [-0.1, -0.05) is 13.3 Å². The molecule has 2 N–H and O–H groups in total. The number of urea groups is 1. The second-order valence-electron chi connectivity index (χ2n) is 4.78. The first-order valence-corrected chi connectivity index (χ1v) is 6.31. The van der Waals surface area contributed by atoms with Gasteiger partial charge in [0.2, 0.25) is 0 Å². The summed E-state index contributed by atoms with van der Waals surface area (Å²) in [4.78, 5) is 26.6. The van der Waals surface area contributed by atoms with Crippen molar-refractivity contribution in [1.29, 1.82) is 0 Å². The Kier molecular flexibility index (Phi) is 5.10. The van der Waals surface area contributed by atoms with Gasteiger partial charge in [-0.25, -0.2) is 4.79 Å². The van der Waals surface area contributed by atoms with Gasteiger partial charge in [0.15, 0.2) is 5.78 Å². The molecule has 1 aliphatic rings. The molecule has 0 bridgehead atoms. The van der Waals surface area contributed by atoms with Crippen molar-refractivity contribution in [3.8, 4) is 0 Å². The van der Waals surface area contributed by atoms with Gasteiger partial charge in [-0.3, -0.25) is 9.69 Å². The van der Waals surface area contributed by atoms with Crippen LogP contribution in [0.5, 0.6) is 0 Å². The standard InChI is InChI=1S/C12H23N3O3/c1-5-6-10(13)18-7-15-11(9(3)16)8(2)14(4)12(15)17/h8,10-11H,5-7,13H2,1-4H3. The highest BCUT2D eigenvalue weighted by Gasteiger charge is 2.43. The molecule has 104 valence electrons. The van der Waals surface area contributed by atoms with Gasteiger partial charge in [0, 0.05) is 7.05 Å². The molecule has 1 aliphatic heterocycles. The molecule has 0 saturated carbocycles. The third kappa shape index (κ3) is 3.00. The van der Waals surface area contributed by atoms with Gasteiger partial charge in [-0.05, 0) is 20.3 Å². The zero-order valence-corrected chi connectivity index (χ0v) is 11.5. The summed E-state index contributed by atoms with van der Waals surface area (Å²) in [5.74, 6) is -0.0344. The molecular formula is C12H23N3O3. The van der Waals surface area contributed by atoms with Gasteiger partial charge in [0.05, 0.1) is 6.04 Å². The van der Waals surface area contributed by atoms with Crippen molar-refractivity contribution in [3.63, 3.8) is 0 Å². The van der Waals surface area contributed by atoms with E-state index >= 15 is 0 Å². The summed E-state index contributed by atoms with van der Waals surface area (Å²) in [5, 5.41) is 0. The predicted molar refractivity (Wildman–Crippen MR) is 67.8 cm³/mol. The Labute approximate surface area is 108 Å². The quantitative estimate of drug-likeness (QED) is 0.713. The molecule has 1 heterocycles. The minimum Gasteiger partial charge on any atom is -0.343 e. The van der Waals surface area contributed by atoms with Crippen LogP contribution in [0.2, 0.25) is 0 Å². The van der Waals surface area contributed by atoms with E-state index in [1.54, 1.807) is 11.9 Å². The maximum atomic E-state index is 12.0. The molecule has 2 amide bonds. The second-order valence-corrected chi connectivity index (χ2v) is 4.78. The van der Waals surface area contributed by atoms with E-state index in [9.17, 15) is 9.59 Å². The van der Waals surface area contributed by atoms with Crippen LogP contribution in [0.1, 0.15) is 33.6 Å². The first-order valence-electron chi connectivity index (χ1n) is 6.31. The number of carbonyl (C=O) groups excluding carboxylic acids is 2. The normalized spacial score (nSPS) is 25.7. The third-order valence-electron chi connectivity index (χ3n) is 3.37. The third-order valence-corrected chi connectivity index (χ3v) is 3.37. The predicted octanol–water partition coefficient (Wildman–Crippen LogP) is 0.759. The highest BCUT2D eigenvalue weighted by atomic mass is 16.5. The number of likely N-dealkylation sites (N-methyl/N-ethyl adjacent to an activating group) is 1. The number of nitrogens with zero attached hydrogens (tertiary/aromatic N) is 2. The van der Waals surface area contributed by atoms with Crippen LogP contribution < -0.4 is 5.73 Å². The van der Waals surface area contributed by atoms with Crippen LogP contribution in [0.4, 0.5) is 4.79 Å². The molecule has 0 spiro atoms. The molecule has 3 unspecified atom stereocenters. The highest BCUT2D eigenvalue weighted by molar-refractivity contribution is 5.91. The lowest BCUT2D eigenvalue weighted by molar-refractivity contribution is -0.123. The first kappa shape index (κ1) is 14.9. The first-order chi connectivity index (χ1) is 8.40. The van der Waals surface area contributed by atoms with Crippen LogP contribution in [-0.4, -0.2) is 53.7 Å². The molecule has 6 nitrogen and oxygen atoms in total. The molecule has 1 rings (SSSR count). The smallest absolute Gasteiger partial charge is 0.322 e. The van der Waals surface area contributed by atoms with Gasteiger partial charge in [0.1, 0.15) is 19.0 Å². The van der Waals surface area contributed by atoms with Crippen LogP contribution in [0.3, 0.4) is 0 Å². The number of rotatable bonds is 6. The van der Waals surface area contributed by atoms with Crippen LogP contribution in [0.15, 0.2) is 0 Å². The number of hydrogen-bond acceptors (Lipinski definition) is 4. The summed E-state index contributed by atoms with van der Waals surface area (Å²) in [6, 6.07) is -0.774. The minimum atomic E-state index is -0.448. The highest BCUT2D eigenvalue weighted by Crippen LogP contribution is 2.22. The van der Waals surface area contributed by atoms with E-state index in [0.717, 1.165) is 12.8 Å². The Morgan fingerprint density at radius 1 is 1.56 bits per heavy atom. The minimum absolute atomic E-state index is 0.0344. The summed E-state index contributed by atoms with van der Waals surface area (Å²) in [5.41, 5.74) is 5.74. The molecule has 0 radical (unpaired) electrons. The van der Waals surface area contributed by atoms with E-state index in [-0.39, 0.29) is 24.6 Å². The zero-order valence-electron chi connectivity index (χ0n) is 11.5. The van der Waals surface area contributed by atoms with Crippen LogP contribution in [-0.2, 0) is 9.53 Å². The SMILES string of the molecule is CCCC(N)OCN1C(=O)N(C)C(C)C1C(C)=O. The molecule has 0 aromatic rings. The number of ether oxygens (including phenoxy) is 1. The molecule has 0 aromatic carbocycles. The molecule has 1 fully saturated rings. The molecule has 3 atom stereocenters. The molecule has 18 heavy (non-hydrogen) atoms. The average molecular weight is 257 g/mol. The number of nitrogens with two attached hydrogens (primary N) is 1. The Morgan fingerprint density at radius 2 is 2.17 bits per heavy atom. The van der Waals surface area contributed by atoms with Crippen molar-refractivity contribution >= 4 is 11.8 Å². The fourth-order valence-electron chi connectivity index (χ4n) is 2.21. The zero-order chi connectivity index (χ0) is 13.9. The van der Waals surface area contributed by atoms with Gasteiger partial charge < -0.3 is 15.4 Å². The van der Waals surface area contributed by atoms with E-state index in [1.165, 1.54) is 11.8 Å². The largest absolute Gasteiger partial charge is 0.343 e. The van der Waals surface area contributed by atoms with Gasteiger partial charge in [0.25, 0.3) is 0 Å². The monoisotopic (exact) mass is 257 g/mol. The van der Waals surface area contributed by atoms with Crippen molar-refractivity contribution in [3.05, 3.63) is 0 Å². The lowest BCUT2D eigenvalue weighted by atomic mass is 10.1. The van der Waals surface area contributed by atoms with Gasteiger partial charge in [-0.15, -0.1) is 0 Å². The Bertz CT molecular complexity index is 322. The van der Waals surface area contributed by atoms with E-state index < -0.39 is 12.3 Å². The van der Waals surface area contributed by atoms with E-state index in [4.69, 9.17) is 10.5 Å². The number of hydrogen-bond donors (Lipinski definition) is 1. The fraction of sp³-hybridized carbons (Fsp3) is 0.833. The maximum Gasteiger partial charge on any atom is 0.322 e. The van der Waals surface area contributed by atoms with Crippen molar-refractivity contribution in [2.24, 2.45) is 5.73 Å². The van der Waals surface area contributed by atoms with E-state index in [2.05, 4.69) is 0 Å². The van der Waals surface area contributed by atoms with Crippen molar-refractivity contribution in [2.75, 3.05) is 13.8 Å². The summed E-state index contributed by atoms with van der Waals surface area (Å²) in [6.45, 7) is 5.43. The Morgan fingerprint density at radius 3 is 2.67 bits per heavy atom. The van der Waals surface area contributed by atoms with Gasteiger partial charge in [-0.2, -0.15) is 0 Å². The molecule has 1 saturated heterocycles. The number of Topliss-reactive ketones (excluding diaryl/α,β-unsaturated/α-hetero) is 1. The maximum absolute atomic E-state index is 12.0. The molecular weight excluding hydrogens is 234 g/mol. The number of ketones is 1. The lowest BCUT2D eigenvalue weighted by Gasteiger charge is -2.24. The second kappa shape index (κ2) is 6.15. The van der Waals surface area contributed by atoms with Gasteiger partial charge >= 0.3 is 6.03 Å². The van der Waals surface area contributed by atoms with Crippen LogP contribution in [0, 0.1) is 0 Å². The number of amides is 2. The fourth-order valence-corrected chi connectivity index (χ4v) is 2.21. The molecule has 0 aromatic heterocycles. The van der Waals surface area contributed by atoms with Crippen molar-refractivity contribution < 1.29 is 14.3 Å². The lowest BCUT2D eigenvalue weighted by Crippen LogP contribution is -2.43. The Balaban J connectivity index is 2.66. The Hall–Kier alpha value is -1.14. The summed E-state index contributed by atoms with van der Waals surface area (Å²) >= 11 is 0. The molecule has 6 heteroatoms. The average Bonchev–Trinajstić information content (AvgIpc) is 2.51. The summed E-state index contributed by atoms with van der Waals surface area (Å²) < 4.78 is 5.42. The van der Waals surface area contributed by atoms with Crippen molar-refractivity contribution in [2.45, 2.75) is 51.9 Å². The van der Waals surface area contributed by atoms with Crippen LogP contribution >= 0.6 is 0 Å². The molecule has 0 aliphatic carbocycles. The summed E-state index contributed by atoms with van der Waals surface area (Å²) in [6.07, 6.45) is 1.26. The topological polar surface area (TPSA) is 75.9 Å². The van der Waals surface area contributed by atoms with Crippen LogP contribution in [0.25, 0.3) is 0 Å². The number of carbonyl (C=O) groups is 2. The van der Waals surface area contributed by atoms with E-state index in [0.29, 0.717) is 0 Å². The van der Waals surface area contributed by atoms with Crippen molar-refractivity contribution in [1.82, 2.24) is 9.80 Å².